The number of carbonyl (C=O) groups is 1. The molecule has 18 heavy (non-hydrogen) atoms. The molecule has 1 rings (SSSR count). The highest BCUT2D eigenvalue weighted by molar-refractivity contribution is 5.77. The van der Waals surface area contributed by atoms with E-state index in [0.29, 0.717) is 0 Å². The van der Waals surface area contributed by atoms with Gasteiger partial charge in [-0.25, -0.2) is 4.39 Å². The highest BCUT2D eigenvalue weighted by Gasteiger charge is 2.32. The Morgan fingerprint density at radius 2 is 2.28 bits per heavy atom. The van der Waals surface area contributed by atoms with Crippen LogP contribution in [-0.2, 0) is 11.2 Å². The molecule has 0 saturated carbocycles. The third-order valence-corrected chi connectivity index (χ3v) is 2.74. The minimum absolute atomic E-state index is 0.0322. The van der Waals surface area contributed by atoms with Crippen LogP contribution in [0.1, 0.15) is 12.5 Å². The molecule has 96 valence electrons. The van der Waals surface area contributed by atoms with Crippen molar-refractivity contribution in [2.45, 2.75) is 13.3 Å². The van der Waals surface area contributed by atoms with Crippen LogP contribution in [0, 0.1) is 21.3 Å². The highest BCUT2D eigenvalue weighted by Crippen LogP contribution is 2.29. The lowest BCUT2D eigenvalue weighted by Gasteiger charge is -2.20. The standard InChI is InChI=1S/C12H12FNO4/c1-3-12(2,11(15)16)7-8-6-9(13)4-5-10(8)14(17)18/h3-6H,1,7H2,2H3,(H,15,16). The first-order chi connectivity index (χ1) is 8.30. The van der Waals surface area contributed by atoms with Gasteiger partial charge in [-0.15, -0.1) is 6.58 Å². The molecule has 5 nitrogen and oxygen atoms in total. The summed E-state index contributed by atoms with van der Waals surface area (Å²) in [4.78, 5) is 21.2. The molecule has 1 aromatic rings. The molecule has 0 amide bonds. The van der Waals surface area contributed by atoms with Crippen LogP contribution in [0.2, 0.25) is 0 Å². The summed E-state index contributed by atoms with van der Waals surface area (Å²) in [7, 11) is 0. The third-order valence-electron chi connectivity index (χ3n) is 2.74. The lowest BCUT2D eigenvalue weighted by molar-refractivity contribution is -0.385. The summed E-state index contributed by atoms with van der Waals surface area (Å²) >= 11 is 0. The molecule has 0 aromatic heterocycles. The average Bonchev–Trinajstić information content (AvgIpc) is 2.28. The Morgan fingerprint density at radius 1 is 1.67 bits per heavy atom. The number of aliphatic carboxylic acids is 1. The van der Waals surface area contributed by atoms with Crippen molar-refractivity contribution in [3.8, 4) is 0 Å². The monoisotopic (exact) mass is 253 g/mol. The molecule has 0 saturated heterocycles. The van der Waals surface area contributed by atoms with Gasteiger partial charge in [0.25, 0.3) is 5.69 Å². The minimum Gasteiger partial charge on any atom is -0.481 e. The molecule has 0 aliphatic heterocycles. The van der Waals surface area contributed by atoms with Crippen molar-refractivity contribution in [3.63, 3.8) is 0 Å². The molecule has 1 aromatic carbocycles. The molecule has 1 N–H and O–H groups in total. The molecular weight excluding hydrogens is 241 g/mol. The van der Waals surface area contributed by atoms with E-state index in [2.05, 4.69) is 6.58 Å². The Bertz CT molecular complexity index is 515. The van der Waals surface area contributed by atoms with Gasteiger partial charge in [0.15, 0.2) is 0 Å². The van der Waals surface area contributed by atoms with Gasteiger partial charge in [-0.3, -0.25) is 14.9 Å². The SMILES string of the molecule is C=CC(C)(Cc1cc(F)ccc1[N+](=O)[O-])C(=O)O. The molecule has 0 bridgehead atoms. The fourth-order valence-corrected chi connectivity index (χ4v) is 1.50. The van der Waals surface area contributed by atoms with E-state index in [4.69, 9.17) is 5.11 Å². The van der Waals surface area contributed by atoms with Gasteiger partial charge < -0.3 is 5.11 Å². The number of hydrogen-bond donors (Lipinski definition) is 1. The van der Waals surface area contributed by atoms with E-state index in [9.17, 15) is 19.3 Å². The van der Waals surface area contributed by atoms with E-state index in [-0.39, 0.29) is 17.7 Å². The van der Waals surface area contributed by atoms with E-state index < -0.39 is 22.1 Å². The van der Waals surface area contributed by atoms with Crippen molar-refractivity contribution < 1.29 is 19.2 Å². The zero-order valence-electron chi connectivity index (χ0n) is 9.72. The number of halogens is 1. The van der Waals surface area contributed by atoms with Gasteiger partial charge in [0.05, 0.1) is 10.3 Å². The van der Waals surface area contributed by atoms with Crippen LogP contribution in [0.5, 0.6) is 0 Å². The van der Waals surface area contributed by atoms with Crippen LogP contribution in [0.3, 0.4) is 0 Å². The van der Waals surface area contributed by atoms with Crippen molar-refractivity contribution in [1.29, 1.82) is 0 Å². The second kappa shape index (κ2) is 4.95. The van der Waals surface area contributed by atoms with Crippen molar-refractivity contribution in [3.05, 3.63) is 52.3 Å². The number of nitrogens with zero attached hydrogens (tertiary/aromatic N) is 1. The number of benzene rings is 1. The number of nitro groups is 1. The summed E-state index contributed by atoms with van der Waals surface area (Å²) in [5, 5.41) is 19.8. The molecule has 0 aliphatic carbocycles. The zero-order chi connectivity index (χ0) is 13.9. The van der Waals surface area contributed by atoms with Crippen molar-refractivity contribution in [2.75, 3.05) is 0 Å². The van der Waals surface area contributed by atoms with Gasteiger partial charge in [-0.1, -0.05) is 6.08 Å². The maximum Gasteiger partial charge on any atom is 0.313 e. The van der Waals surface area contributed by atoms with Gasteiger partial charge >= 0.3 is 5.97 Å². The Morgan fingerprint density at radius 3 is 2.72 bits per heavy atom. The largest absolute Gasteiger partial charge is 0.481 e. The first-order valence-corrected chi connectivity index (χ1v) is 5.10. The van der Waals surface area contributed by atoms with E-state index in [0.717, 1.165) is 18.2 Å². The maximum atomic E-state index is 13.1. The predicted molar refractivity (Wildman–Crippen MR) is 62.7 cm³/mol. The van der Waals surface area contributed by atoms with Crippen LogP contribution in [0.15, 0.2) is 30.9 Å². The molecule has 6 heteroatoms. The summed E-state index contributed by atoms with van der Waals surface area (Å²) < 4.78 is 13.1. The maximum absolute atomic E-state index is 13.1. The first-order valence-electron chi connectivity index (χ1n) is 5.10. The summed E-state index contributed by atoms with van der Waals surface area (Å²) in [5.74, 6) is -1.82. The van der Waals surface area contributed by atoms with Crippen LogP contribution >= 0.6 is 0 Å². The molecule has 0 aliphatic rings. The number of carboxylic acids is 1. The summed E-state index contributed by atoms with van der Waals surface area (Å²) in [6.45, 7) is 4.77. The van der Waals surface area contributed by atoms with Gasteiger partial charge in [0.2, 0.25) is 0 Å². The Hall–Kier alpha value is -2.24. The van der Waals surface area contributed by atoms with Crippen molar-refractivity contribution in [2.24, 2.45) is 5.41 Å². The number of carboxylic acid groups (broad SMARTS) is 1. The predicted octanol–water partition coefficient (Wildman–Crippen LogP) is 2.55. The lowest BCUT2D eigenvalue weighted by Crippen LogP contribution is -2.27. The molecule has 0 radical (unpaired) electrons. The smallest absolute Gasteiger partial charge is 0.313 e. The van der Waals surface area contributed by atoms with Crippen LogP contribution in [0.25, 0.3) is 0 Å². The zero-order valence-corrected chi connectivity index (χ0v) is 9.72. The average molecular weight is 253 g/mol. The van der Waals surface area contributed by atoms with Crippen LogP contribution < -0.4 is 0 Å². The molecule has 1 atom stereocenters. The van der Waals surface area contributed by atoms with Gasteiger partial charge in [-0.2, -0.15) is 0 Å². The molecule has 1 unspecified atom stereocenters. The minimum atomic E-state index is -1.38. The topological polar surface area (TPSA) is 80.4 Å². The van der Waals surface area contributed by atoms with E-state index in [1.807, 2.05) is 0 Å². The second-order valence-corrected chi connectivity index (χ2v) is 4.13. The highest BCUT2D eigenvalue weighted by atomic mass is 19.1. The van der Waals surface area contributed by atoms with Gasteiger partial charge in [0.1, 0.15) is 5.82 Å². The number of nitro benzene ring substituents is 1. The molecule has 0 heterocycles. The Labute approximate surface area is 103 Å². The fraction of sp³-hybridized carbons (Fsp3) is 0.250. The second-order valence-electron chi connectivity index (χ2n) is 4.13. The molecular formula is C12H12FNO4. The third kappa shape index (κ3) is 2.71. The molecule has 0 spiro atoms. The summed E-state index contributed by atoms with van der Waals surface area (Å²) in [5.41, 5.74) is -1.64. The summed E-state index contributed by atoms with van der Waals surface area (Å²) in [6, 6.07) is 2.96. The van der Waals surface area contributed by atoms with E-state index in [1.165, 1.54) is 13.0 Å². The summed E-state index contributed by atoms with van der Waals surface area (Å²) in [6.07, 6.45) is 0.990. The van der Waals surface area contributed by atoms with Crippen molar-refractivity contribution in [1.82, 2.24) is 0 Å². The normalized spacial score (nSPS) is 13.7. The Kier molecular flexibility index (Phi) is 3.80. The first kappa shape index (κ1) is 13.8. The fourth-order valence-electron chi connectivity index (χ4n) is 1.50. The number of hydrogen-bond acceptors (Lipinski definition) is 3. The van der Waals surface area contributed by atoms with Gasteiger partial charge in [0, 0.05) is 11.6 Å². The Balaban J connectivity index is 3.25. The van der Waals surface area contributed by atoms with E-state index in [1.54, 1.807) is 0 Å². The lowest BCUT2D eigenvalue weighted by atomic mass is 9.83. The number of rotatable bonds is 5. The van der Waals surface area contributed by atoms with E-state index >= 15 is 0 Å². The van der Waals surface area contributed by atoms with Gasteiger partial charge in [-0.05, 0) is 25.5 Å². The van der Waals surface area contributed by atoms with Crippen molar-refractivity contribution >= 4 is 11.7 Å². The molecule has 0 fully saturated rings. The quantitative estimate of drug-likeness (QED) is 0.496. The van der Waals surface area contributed by atoms with Crippen LogP contribution in [-0.4, -0.2) is 16.0 Å². The van der Waals surface area contributed by atoms with Crippen LogP contribution in [0.4, 0.5) is 10.1 Å².